The molecule has 3 aliphatic heterocycles. The predicted octanol–water partition coefficient (Wildman–Crippen LogP) is 19.7. The van der Waals surface area contributed by atoms with Gasteiger partial charge in [0.25, 0.3) is 29.6 Å². The van der Waals surface area contributed by atoms with Crippen molar-refractivity contribution in [1.82, 2.24) is 40.0 Å². The lowest BCUT2D eigenvalue weighted by atomic mass is 9.84. The minimum absolute atomic E-state index is 0.0142. The van der Waals surface area contributed by atoms with E-state index >= 15 is 0 Å². The molecular formula is C84H93F11N8O8. The number of halogens is 11. The molecule has 27 heteroatoms. The number of pyridine rings is 4. The number of carbonyl (C=O) groups is 4. The third-order valence-electron chi connectivity index (χ3n) is 19.1. The highest BCUT2D eigenvalue weighted by molar-refractivity contribution is 5.94. The summed E-state index contributed by atoms with van der Waals surface area (Å²) in [6, 6.07) is 40.7. The van der Waals surface area contributed by atoms with E-state index in [9.17, 15) is 67.5 Å². The van der Waals surface area contributed by atoms with Crippen LogP contribution in [0.15, 0.2) is 170 Å². The van der Waals surface area contributed by atoms with Gasteiger partial charge in [-0.3, -0.25) is 19.2 Å². The van der Waals surface area contributed by atoms with Gasteiger partial charge in [-0.1, -0.05) is 108 Å². The maximum Gasteiger partial charge on any atom is 0.416 e. The summed E-state index contributed by atoms with van der Waals surface area (Å²) in [6.45, 7) is 15.1. The number of nitrogens with zero attached hydrogens (tertiary/aromatic N) is 7. The largest absolute Gasteiger partial charge is 0.487 e. The number of aromatic nitrogens is 4. The lowest BCUT2D eigenvalue weighted by Crippen LogP contribution is -2.43. The Kier molecular flexibility index (Phi) is 29.5. The Balaban J connectivity index is 0.000000170. The number of benzene rings is 4. The van der Waals surface area contributed by atoms with Crippen LogP contribution in [0.4, 0.5) is 48.3 Å². The number of hydrogen-bond acceptors (Lipinski definition) is 12. The topological polar surface area (TPSA) is 179 Å². The van der Waals surface area contributed by atoms with Gasteiger partial charge < -0.3 is 39.0 Å². The molecule has 3 unspecified atom stereocenters. The number of nitrogens with one attached hydrogen (secondary N) is 1. The number of hydrogen-bond donors (Lipinski definition) is 1. The molecule has 1 N–H and O–H groups in total. The molecule has 3 atom stereocenters. The van der Waals surface area contributed by atoms with Gasteiger partial charge >= 0.3 is 18.5 Å². The van der Waals surface area contributed by atoms with E-state index in [0.717, 1.165) is 134 Å². The van der Waals surface area contributed by atoms with Crippen LogP contribution >= 0.6 is 0 Å². The van der Waals surface area contributed by atoms with Crippen LogP contribution < -0.4 is 24.3 Å². The summed E-state index contributed by atoms with van der Waals surface area (Å²) in [5, 5.41) is 2.99. The smallest absolute Gasteiger partial charge is 0.416 e. The molecule has 0 radical (unpaired) electrons. The molecule has 7 heterocycles. The third kappa shape index (κ3) is 26.2. The molecule has 3 saturated heterocycles. The van der Waals surface area contributed by atoms with Gasteiger partial charge in [0.1, 0.15) is 72.2 Å². The zero-order valence-corrected chi connectivity index (χ0v) is 62.9. The summed E-state index contributed by atoms with van der Waals surface area (Å²) in [5.41, 5.74) is 1.04. The molecule has 1 saturated carbocycles. The van der Waals surface area contributed by atoms with E-state index in [0.29, 0.717) is 70.5 Å². The Hall–Kier alpha value is -10.2. The van der Waals surface area contributed by atoms with E-state index in [-0.39, 0.29) is 96.1 Å². The number of alkyl halides is 11. The molecule has 0 spiro atoms. The standard InChI is InChI=1S/C22H26F2N2O2.2C21H23F3N2O2.C20H21F3N2O2/c1-15-10-16(2)13-26(12-15)21(27)20-9-5-7-18(25-20)14-28-19-8-4-6-17(11-19)22(3,23)24;1-20(2)10-5-11-26(14-20)19(27)18-9-4-7-16(25-18)13-28-17-8-3-6-15(12-17)21(22,23)24;1-2-17-9-3-4-12-26(17)20(27)19-11-6-8-16(25-19)14-28-18-10-5-7-15(13-18)21(22,23)24;21-20(22,23)14-6-4-10-17(12-14)27-13-16-9-5-11-18(24-16)19(26)25-15-7-2-1-3-8-15/h4-9,11,15-16H,10,12-14H2,1-3H3;3-4,6-9,12H,5,10-11,13-14H2,1-2H3;5-8,10-11,13,17H,2-4,9,12,14H2,1H3;4-6,9-12,15H,1-3,7-8,13H2,(H,25,26). The molecule has 1 aliphatic carbocycles. The molecule has 4 aromatic carbocycles. The summed E-state index contributed by atoms with van der Waals surface area (Å²) >= 11 is 0. The molecule has 4 amide bonds. The number of ether oxygens (including phenoxy) is 4. The van der Waals surface area contributed by atoms with Gasteiger partial charge in [-0.15, -0.1) is 0 Å². The van der Waals surface area contributed by atoms with Crippen LogP contribution in [-0.4, -0.2) is 103 Å². The van der Waals surface area contributed by atoms with Crippen molar-refractivity contribution < 1.29 is 86.4 Å². The lowest BCUT2D eigenvalue weighted by Gasteiger charge is -2.37. The van der Waals surface area contributed by atoms with E-state index in [4.69, 9.17) is 18.9 Å². The summed E-state index contributed by atoms with van der Waals surface area (Å²) in [4.78, 5) is 73.7. The number of piperidine rings is 3. The fraction of sp³-hybridized carbons (Fsp3) is 0.429. The van der Waals surface area contributed by atoms with Crippen molar-refractivity contribution in [3.63, 3.8) is 0 Å². The maximum absolute atomic E-state index is 13.5. The van der Waals surface area contributed by atoms with Crippen LogP contribution in [0.1, 0.15) is 206 Å². The quantitative estimate of drug-likeness (QED) is 0.0759. The van der Waals surface area contributed by atoms with E-state index in [1.165, 1.54) is 61.0 Å². The molecule has 12 rings (SSSR count). The highest BCUT2D eigenvalue weighted by Crippen LogP contribution is 2.36. The van der Waals surface area contributed by atoms with E-state index < -0.39 is 41.1 Å². The first-order valence-corrected chi connectivity index (χ1v) is 37.2. The SMILES string of the molecule is CC1(C)CCCN(C(=O)c2cccc(COc3cccc(C(F)(F)F)c3)n2)C1.CC1CC(C)CN(C(=O)c2cccc(COc3cccc(C(C)(F)F)c3)n2)C1.CCC1CCCCN1C(=O)c1cccc(COc2cccc(C(F)(F)F)c2)n1.O=C(NC1CCCCC1)c1cccc(COc2cccc(C(F)(F)F)c2)n1. The maximum atomic E-state index is 13.5. The predicted molar refractivity (Wildman–Crippen MR) is 396 cm³/mol. The monoisotopic (exact) mass is 1550 g/mol. The minimum atomic E-state index is -4.42. The Labute approximate surface area is 639 Å². The number of rotatable bonds is 19. The van der Waals surface area contributed by atoms with Crippen LogP contribution in [0.5, 0.6) is 23.0 Å². The highest BCUT2D eigenvalue weighted by Gasteiger charge is 2.35. The van der Waals surface area contributed by atoms with E-state index in [2.05, 4.69) is 59.9 Å². The minimum Gasteiger partial charge on any atom is -0.487 e. The van der Waals surface area contributed by atoms with Gasteiger partial charge in [-0.25, -0.2) is 28.7 Å². The van der Waals surface area contributed by atoms with Gasteiger partial charge in [-0.05, 0) is 190 Å². The van der Waals surface area contributed by atoms with Crippen LogP contribution in [0.25, 0.3) is 0 Å². The average molecular weight is 1550 g/mol. The zero-order valence-electron chi connectivity index (χ0n) is 62.9. The summed E-state index contributed by atoms with van der Waals surface area (Å²) in [7, 11) is 0. The van der Waals surface area contributed by atoms with Gasteiger partial charge in [-0.2, -0.15) is 39.5 Å². The van der Waals surface area contributed by atoms with Crippen LogP contribution in [0.2, 0.25) is 0 Å². The van der Waals surface area contributed by atoms with Crippen LogP contribution in [-0.2, 0) is 50.9 Å². The molecule has 4 aromatic heterocycles. The fourth-order valence-electron chi connectivity index (χ4n) is 13.6. The fourth-order valence-corrected chi connectivity index (χ4v) is 13.6. The second-order valence-electron chi connectivity index (χ2n) is 29.2. The molecule has 8 aromatic rings. The zero-order chi connectivity index (χ0) is 80.1. The highest BCUT2D eigenvalue weighted by atomic mass is 19.4. The molecule has 4 fully saturated rings. The summed E-state index contributed by atoms with van der Waals surface area (Å²) in [6.07, 6.45) is -0.707. The van der Waals surface area contributed by atoms with Crippen molar-refractivity contribution in [2.45, 2.75) is 182 Å². The summed E-state index contributed by atoms with van der Waals surface area (Å²) in [5.74, 6) is -1.86. The number of likely N-dealkylation sites (tertiary alicyclic amines) is 3. The van der Waals surface area contributed by atoms with Crippen LogP contribution in [0, 0.1) is 17.3 Å². The molecule has 4 aliphatic rings. The van der Waals surface area contributed by atoms with Crippen molar-refractivity contribution in [2.75, 3.05) is 32.7 Å². The Morgan fingerprint density at radius 3 is 1.23 bits per heavy atom. The molecular weight excluding hydrogens is 1460 g/mol. The Bertz CT molecular complexity index is 4270. The van der Waals surface area contributed by atoms with Crippen molar-refractivity contribution in [1.29, 1.82) is 0 Å². The molecule has 111 heavy (non-hydrogen) atoms. The third-order valence-corrected chi connectivity index (χ3v) is 19.1. The van der Waals surface area contributed by atoms with Gasteiger partial charge in [0.2, 0.25) is 0 Å². The Morgan fingerprint density at radius 1 is 0.450 bits per heavy atom. The first kappa shape index (κ1) is 84.8. The van der Waals surface area contributed by atoms with Crippen molar-refractivity contribution in [3.8, 4) is 23.0 Å². The average Bonchev–Trinajstić information content (AvgIpc) is 0.854. The van der Waals surface area contributed by atoms with Crippen molar-refractivity contribution in [2.24, 2.45) is 17.3 Å². The van der Waals surface area contributed by atoms with Crippen molar-refractivity contribution in [3.05, 3.63) is 238 Å². The van der Waals surface area contributed by atoms with Gasteiger partial charge in [0.15, 0.2) is 0 Å². The van der Waals surface area contributed by atoms with Gasteiger partial charge in [0, 0.05) is 57.3 Å². The van der Waals surface area contributed by atoms with Crippen LogP contribution in [0.3, 0.4) is 0 Å². The normalized spacial score (nSPS) is 17.4. The summed E-state index contributed by atoms with van der Waals surface area (Å²) < 4.78 is 164. The van der Waals surface area contributed by atoms with E-state index in [1.54, 1.807) is 78.9 Å². The number of carbonyl (C=O) groups excluding carboxylic acids is 4. The molecule has 594 valence electrons. The van der Waals surface area contributed by atoms with Crippen molar-refractivity contribution >= 4 is 23.6 Å². The number of amides is 4. The second-order valence-corrected chi connectivity index (χ2v) is 29.2. The molecule has 16 nitrogen and oxygen atoms in total. The molecule has 0 bridgehead atoms. The first-order chi connectivity index (χ1) is 52.7. The first-order valence-electron chi connectivity index (χ1n) is 37.2. The van der Waals surface area contributed by atoms with E-state index in [1.807, 2.05) is 14.7 Å². The Morgan fingerprint density at radius 2 is 0.820 bits per heavy atom. The lowest BCUT2D eigenvalue weighted by molar-refractivity contribution is -0.138. The van der Waals surface area contributed by atoms with Gasteiger partial charge in [0.05, 0.1) is 39.5 Å². The second kappa shape index (κ2) is 38.6.